The topological polar surface area (TPSA) is 32.7 Å². The molecule has 1 amide bonds. The number of hydrogen-bond donors (Lipinski definition) is 0. The van der Waals surface area contributed by atoms with Crippen LogP contribution in [0.4, 0.5) is 5.69 Å². The van der Waals surface area contributed by atoms with Crippen molar-refractivity contribution < 1.29 is 4.79 Å². The van der Waals surface area contributed by atoms with E-state index in [0.29, 0.717) is 11.6 Å². The number of carbonyl (C=O) groups excluding carboxylic acids is 1. The van der Waals surface area contributed by atoms with E-state index < -0.39 is 6.04 Å². The molecule has 3 nitrogen and oxygen atoms in total. The van der Waals surface area contributed by atoms with Crippen molar-refractivity contribution in [3.05, 3.63) is 100 Å². The number of aryl methyl sites for hydroxylation is 1. The second-order valence-electron chi connectivity index (χ2n) is 8.25. The molecule has 0 saturated heterocycles. The summed E-state index contributed by atoms with van der Waals surface area (Å²) in [6.45, 7) is 6.78. The van der Waals surface area contributed by atoms with E-state index in [1.807, 2.05) is 59.5 Å². The molecule has 4 heteroatoms. The fourth-order valence-electron chi connectivity index (χ4n) is 4.05. The maximum absolute atomic E-state index is 13.8. The van der Waals surface area contributed by atoms with Gasteiger partial charge in [-0.1, -0.05) is 92.0 Å². The van der Waals surface area contributed by atoms with Crippen LogP contribution in [0.1, 0.15) is 42.5 Å². The van der Waals surface area contributed by atoms with Gasteiger partial charge in [0.1, 0.15) is 6.04 Å². The van der Waals surface area contributed by atoms with Gasteiger partial charge in [-0.05, 0) is 36.6 Å². The zero-order valence-electron chi connectivity index (χ0n) is 18.2. The van der Waals surface area contributed by atoms with Gasteiger partial charge in [0, 0.05) is 16.1 Å². The van der Waals surface area contributed by atoms with Crippen molar-refractivity contribution in [1.82, 2.24) is 0 Å². The molecule has 1 aliphatic heterocycles. The summed E-state index contributed by atoms with van der Waals surface area (Å²) in [5.41, 5.74) is 5.83. The number of amides is 1. The Morgan fingerprint density at radius 1 is 1.03 bits per heavy atom. The van der Waals surface area contributed by atoms with Gasteiger partial charge in [-0.15, -0.1) is 0 Å². The first-order valence-corrected chi connectivity index (χ1v) is 11.2. The molecule has 0 spiro atoms. The average Bonchev–Trinajstić information content (AvgIpc) is 2.89. The summed E-state index contributed by atoms with van der Waals surface area (Å²) in [4.78, 5) is 20.8. The van der Waals surface area contributed by atoms with Crippen LogP contribution in [0.2, 0.25) is 5.02 Å². The van der Waals surface area contributed by atoms with Crippen molar-refractivity contribution in [3.8, 4) is 0 Å². The van der Waals surface area contributed by atoms with Crippen molar-refractivity contribution in [1.29, 1.82) is 0 Å². The van der Waals surface area contributed by atoms with Crippen LogP contribution < -0.4 is 4.90 Å². The lowest BCUT2D eigenvalue weighted by atomic mass is 9.97. The van der Waals surface area contributed by atoms with Crippen LogP contribution in [0.25, 0.3) is 0 Å². The average molecular weight is 431 g/mol. The highest BCUT2D eigenvalue weighted by molar-refractivity contribution is 6.32. The number of benzodiazepines with no additional fused rings is 1. The molecule has 0 fully saturated rings. The van der Waals surface area contributed by atoms with Crippen LogP contribution >= 0.6 is 11.6 Å². The molecule has 0 N–H and O–H groups in total. The molecule has 0 saturated carbocycles. The Balaban J connectivity index is 1.91. The predicted octanol–water partition coefficient (Wildman–Crippen LogP) is 6.45. The number of rotatable bonds is 5. The van der Waals surface area contributed by atoms with E-state index in [4.69, 9.17) is 16.6 Å². The molecule has 0 aliphatic carbocycles. The van der Waals surface area contributed by atoms with Crippen molar-refractivity contribution >= 4 is 28.9 Å². The quantitative estimate of drug-likeness (QED) is 0.458. The first-order valence-electron chi connectivity index (χ1n) is 10.8. The Morgan fingerprint density at radius 2 is 1.81 bits per heavy atom. The Morgan fingerprint density at radius 3 is 2.52 bits per heavy atom. The van der Waals surface area contributed by atoms with Gasteiger partial charge < -0.3 is 4.90 Å². The minimum Gasteiger partial charge on any atom is -0.305 e. The molecular formula is C27H27ClN2O. The van der Waals surface area contributed by atoms with Crippen molar-refractivity contribution in [2.45, 2.75) is 39.8 Å². The number of fused-ring (bicyclic) bond motifs is 1. The van der Waals surface area contributed by atoms with Gasteiger partial charge in [0.15, 0.2) is 0 Å². The summed E-state index contributed by atoms with van der Waals surface area (Å²) < 4.78 is 0. The minimum atomic E-state index is -0.448. The maximum atomic E-state index is 13.8. The molecule has 2 atom stereocenters. The van der Waals surface area contributed by atoms with Gasteiger partial charge in [-0.25, -0.2) is 0 Å². The fraction of sp³-hybridized carbons (Fsp3) is 0.259. The summed E-state index contributed by atoms with van der Waals surface area (Å²) in [5, 5.41) is 0.632. The Labute approximate surface area is 189 Å². The summed E-state index contributed by atoms with van der Waals surface area (Å²) in [6, 6.07) is 23.6. The number of halogens is 1. The first kappa shape index (κ1) is 21.3. The van der Waals surface area contributed by atoms with E-state index in [1.165, 1.54) is 5.56 Å². The van der Waals surface area contributed by atoms with E-state index in [2.05, 4.69) is 39.0 Å². The third-order valence-electron chi connectivity index (χ3n) is 5.95. The predicted molar refractivity (Wildman–Crippen MR) is 129 cm³/mol. The lowest BCUT2D eigenvalue weighted by molar-refractivity contribution is -0.120. The van der Waals surface area contributed by atoms with Gasteiger partial charge in [0.25, 0.3) is 5.91 Å². The second-order valence-corrected chi connectivity index (χ2v) is 8.69. The van der Waals surface area contributed by atoms with Crippen LogP contribution in [-0.2, 0) is 11.3 Å². The van der Waals surface area contributed by atoms with E-state index >= 15 is 0 Å². The van der Waals surface area contributed by atoms with E-state index in [9.17, 15) is 4.79 Å². The zero-order chi connectivity index (χ0) is 22.0. The highest BCUT2D eigenvalue weighted by Gasteiger charge is 2.34. The van der Waals surface area contributed by atoms with Crippen LogP contribution in [0, 0.1) is 12.8 Å². The summed E-state index contributed by atoms with van der Waals surface area (Å²) in [7, 11) is 0. The molecule has 1 aliphatic rings. The lowest BCUT2D eigenvalue weighted by Gasteiger charge is -2.27. The fourth-order valence-corrected chi connectivity index (χ4v) is 4.22. The lowest BCUT2D eigenvalue weighted by Crippen LogP contribution is -2.40. The Bertz CT molecular complexity index is 1120. The number of nitrogens with zero attached hydrogens (tertiary/aromatic N) is 2. The number of aliphatic imine (C=N–C) groups is 1. The number of benzene rings is 3. The highest BCUT2D eigenvalue weighted by atomic mass is 35.5. The molecule has 0 radical (unpaired) electrons. The smallest absolute Gasteiger partial charge is 0.252 e. The number of hydrogen-bond acceptors (Lipinski definition) is 2. The molecule has 4 rings (SSSR count). The highest BCUT2D eigenvalue weighted by Crippen LogP contribution is 2.34. The van der Waals surface area contributed by atoms with Crippen molar-refractivity contribution in [3.63, 3.8) is 0 Å². The monoisotopic (exact) mass is 430 g/mol. The molecule has 1 heterocycles. The van der Waals surface area contributed by atoms with E-state index in [0.717, 1.165) is 34.5 Å². The largest absolute Gasteiger partial charge is 0.305 e. The molecule has 0 aromatic heterocycles. The van der Waals surface area contributed by atoms with Crippen LogP contribution in [0.15, 0.2) is 77.8 Å². The zero-order valence-corrected chi connectivity index (χ0v) is 18.9. The molecule has 3 aromatic carbocycles. The Hall–Kier alpha value is -2.91. The van der Waals surface area contributed by atoms with Crippen LogP contribution in [0.5, 0.6) is 0 Å². The SMILES string of the molecule is CC[C@H](C)[C@H]1N=C(c2ccccc2)c2cc(Cl)ccc2N(Cc2cccc(C)c2)C1=O. The summed E-state index contributed by atoms with van der Waals surface area (Å²) in [6.07, 6.45) is 0.872. The van der Waals surface area contributed by atoms with Gasteiger partial charge in [-0.3, -0.25) is 9.79 Å². The molecule has 0 unspecified atom stereocenters. The van der Waals surface area contributed by atoms with Gasteiger partial charge in [-0.2, -0.15) is 0 Å². The van der Waals surface area contributed by atoms with Crippen LogP contribution in [0.3, 0.4) is 0 Å². The number of anilines is 1. The van der Waals surface area contributed by atoms with Gasteiger partial charge in [0.05, 0.1) is 17.9 Å². The second kappa shape index (κ2) is 9.07. The van der Waals surface area contributed by atoms with E-state index in [1.54, 1.807) is 0 Å². The number of carbonyl (C=O) groups is 1. The molecule has 31 heavy (non-hydrogen) atoms. The molecule has 158 valence electrons. The van der Waals surface area contributed by atoms with Gasteiger partial charge in [0.2, 0.25) is 0 Å². The normalized spacial score (nSPS) is 17.0. The third-order valence-corrected chi connectivity index (χ3v) is 6.18. The van der Waals surface area contributed by atoms with Crippen molar-refractivity contribution in [2.75, 3.05) is 4.90 Å². The first-order chi connectivity index (χ1) is 15.0. The summed E-state index contributed by atoms with van der Waals surface area (Å²) in [5.74, 6) is 0.154. The maximum Gasteiger partial charge on any atom is 0.252 e. The standard InChI is InChI=1S/C27H27ClN2O/c1-4-19(3)25-27(31)30(17-20-10-8-9-18(2)15-20)24-14-13-22(28)16-23(24)26(29-25)21-11-6-5-7-12-21/h5-16,19,25H,4,17H2,1-3H3/t19-,25+/m0/s1. The van der Waals surface area contributed by atoms with Crippen LogP contribution in [-0.4, -0.2) is 17.7 Å². The third kappa shape index (κ3) is 4.42. The van der Waals surface area contributed by atoms with E-state index in [-0.39, 0.29) is 11.8 Å². The Kier molecular flexibility index (Phi) is 6.24. The summed E-state index contributed by atoms with van der Waals surface area (Å²) >= 11 is 6.42. The molecule has 0 bridgehead atoms. The minimum absolute atomic E-state index is 0.0327. The van der Waals surface area contributed by atoms with Crippen molar-refractivity contribution in [2.24, 2.45) is 10.9 Å². The molecule has 3 aromatic rings. The molecular weight excluding hydrogens is 404 g/mol. The van der Waals surface area contributed by atoms with Gasteiger partial charge >= 0.3 is 0 Å².